The van der Waals surface area contributed by atoms with Crippen LogP contribution in [0.5, 0.6) is 5.88 Å². The van der Waals surface area contributed by atoms with Gasteiger partial charge in [-0.3, -0.25) is 0 Å². The summed E-state index contributed by atoms with van der Waals surface area (Å²) in [4.78, 5) is 18.6. The van der Waals surface area contributed by atoms with E-state index in [1.165, 1.54) is 19.2 Å². The molecule has 1 saturated heterocycles. The van der Waals surface area contributed by atoms with Gasteiger partial charge in [0.2, 0.25) is 11.8 Å². The van der Waals surface area contributed by atoms with Gasteiger partial charge in [-0.1, -0.05) is 17.3 Å². The maximum absolute atomic E-state index is 14.4. The Bertz CT molecular complexity index is 1370. The first kappa shape index (κ1) is 25.7. The summed E-state index contributed by atoms with van der Waals surface area (Å²) >= 11 is 0. The van der Waals surface area contributed by atoms with Crippen LogP contribution in [0.1, 0.15) is 28.6 Å². The number of anilines is 1. The molecule has 1 unspecified atom stereocenters. The van der Waals surface area contributed by atoms with E-state index in [1.54, 1.807) is 31.2 Å². The molecule has 0 radical (unpaired) electrons. The van der Waals surface area contributed by atoms with E-state index in [-0.39, 0.29) is 18.4 Å². The number of benzene rings is 1. The van der Waals surface area contributed by atoms with Crippen LogP contribution in [0.2, 0.25) is 0 Å². The van der Waals surface area contributed by atoms with E-state index in [2.05, 4.69) is 25.4 Å². The lowest BCUT2D eigenvalue weighted by Gasteiger charge is -2.29. The van der Waals surface area contributed by atoms with Gasteiger partial charge in [0.1, 0.15) is 30.7 Å². The summed E-state index contributed by atoms with van der Waals surface area (Å²) in [5.41, 5.74) is 9.49. The van der Waals surface area contributed by atoms with Crippen molar-refractivity contribution in [2.24, 2.45) is 5.16 Å². The van der Waals surface area contributed by atoms with Crippen molar-refractivity contribution in [2.75, 3.05) is 19.5 Å². The summed E-state index contributed by atoms with van der Waals surface area (Å²) in [5.74, 6) is 0.347. The number of aromatic nitrogens is 3. The molecule has 1 aromatic carbocycles. The van der Waals surface area contributed by atoms with Crippen molar-refractivity contribution >= 4 is 11.8 Å². The number of pyridine rings is 1. The fraction of sp³-hybridized carbons (Fsp3) is 0.360. The van der Waals surface area contributed by atoms with E-state index < -0.39 is 36.5 Å². The fourth-order valence-electron chi connectivity index (χ4n) is 4.63. The molecule has 0 spiro atoms. The van der Waals surface area contributed by atoms with Crippen LogP contribution in [-0.2, 0) is 16.0 Å². The normalized spacial score (nSPS) is 25.6. The van der Waals surface area contributed by atoms with Gasteiger partial charge in [-0.2, -0.15) is 0 Å². The zero-order valence-corrected chi connectivity index (χ0v) is 20.6. The van der Waals surface area contributed by atoms with Crippen molar-refractivity contribution in [3.8, 4) is 17.1 Å². The number of aryl methyl sites for hydroxylation is 1. The zero-order chi connectivity index (χ0) is 27.0. The lowest BCUT2D eigenvalue weighted by molar-refractivity contribution is -0.136. The molecule has 2 aliphatic rings. The van der Waals surface area contributed by atoms with Gasteiger partial charge in [-0.15, -0.1) is 0 Å². The summed E-state index contributed by atoms with van der Waals surface area (Å²) in [6, 6.07) is 9.22. The standard InChI is InChI=1S/C25H27FN6O6/c1-11-20-17(31-25(27)28-11)9-16(30-23(20)32-37-10-18-21(33)22(34)24(35)38-18)13-7-6-12(26)8-14(13)15-4-3-5-19(29-15)36-2/h3-8,16,18,21-22,24,33-35H,9-10H2,1-2H3,(H,30,32)(H2,27,28,31)/t16-,18-,21-,22-,24?/m1/s1. The lowest BCUT2D eigenvalue weighted by atomic mass is 9.90. The highest BCUT2D eigenvalue weighted by molar-refractivity contribution is 6.01. The number of methoxy groups -OCH3 is 1. The van der Waals surface area contributed by atoms with Crippen LogP contribution in [0, 0.1) is 12.7 Å². The van der Waals surface area contributed by atoms with Crippen molar-refractivity contribution in [1.82, 2.24) is 20.3 Å². The van der Waals surface area contributed by atoms with Crippen molar-refractivity contribution in [3.63, 3.8) is 0 Å². The molecule has 4 heterocycles. The molecule has 6 N–H and O–H groups in total. The van der Waals surface area contributed by atoms with E-state index in [0.29, 0.717) is 40.5 Å². The average Bonchev–Trinajstić information content (AvgIpc) is 3.14. The minimum Gasteiger partial charge on any atom is -0.481 e. The number of nitrogens with one attached hydrogen (secondary N) is 1. The second kappa shape index (κ2) is 10.5. The Balaban J connectivity index is 1.50. The number of hydrogen-bond acceptors (Lipinski definition) is 11. The first-order valence-electron chi connectivity index (χ1n) is 11.9. The highest BCUT2D eigenvalue weighted by atomic mass is 19.1. The largest absolute Gasteiger partial charge is 0.481 e. The lowest BCUT2D eigenvalue weighted by Crippen LogP contribution is -2.38. The summed E-state index contributed by atoms with van der Waals surface area (Å²) in [6.07, 6.45) is -4.92. The minimum absolute atomic E-state index is 0.0985. The third kappa shape index (κ3) is 4.96. The second-order valence-corrected chi connectivity index (χ2v) is 8.97. The molecule has 5 atom stereocenters. The molecule has 38 heavy (non-hydrogen) atoms. The molecule has 200 valence electrons. The topological polar surface area (TPSA) is 177 Å². The average molecular weight is 527 g/mol. The molecule has 2 aromatic heterocycles. The second-order valence-electron chi connectivity index (χ2n) is 8.97. The van der Waals surface area contributed by atoms with E-state index >= 15 is 0 Å². The number of hydrogen-bond donors (Lipinski definition) is 5. The van der Waals surface area contributed by atoms with Gasteiger partial charge >= 0.3 is 0 Å². The van der Waals surface area contributed by atoms with Crippen molar-refractivity contribution in [2.45, 2.75) is 44.0 Å². The van der Waals surface area contributed by atoms with Crippen molar-refractivity contribution in [1.29, 1.82) is 0 Å². The maximum Gasteiger partial charge on any atom is 0.220 e. The van der Waals surface area contributed by atoms with E-state index in [1.807, 2.05) is 0 Å². The highest BCUT2D eigenvalue weighted by Gasteiger charge is 2.42. The quantitative estimate of drug-likeness (QED) is 0.284. The van der Waals surface area contributed by atoms with Gasteiger partial charge in [-0.25, -0.2) is 19.3 Å². The summed E-state index contributed by atoms with van der Waals surface area (Å²) in [6.45, 7) is 1.51. The van der Waals surface area contributed by atoms with Crippen LogP contribution in [0.4, 0.5) is 10.3 Å². The summed E-state index contributed by atoms with van der Waals surface area (Å²) in [5, 5.41) is 36.9. The molecular weight excluding hydrogens is 499 g/mol. The monoisotopic (exact) mass is 526 g/mol. The van der Waals surface area contributed by atoms with Gasteiger partial charge in [-0.05, 0) is 30.7 Å². The third-order valence-corrected chi connectivity index (χ3v) is 6.46. The van der Waals surface area contributed by atoms with Gasteiger partial charge < -0.3 is 40.7 Å². The first-order valence-corrected chi connectivity index (χ1v) is 11.9. The van der Waals surface area contributed by atoms with E-state index in [0.717, 1.165) is 5.56 Å². The molecular formula is C25H27FN6O6. The van der Waals surface area contributed by atoms with Gasteiger partial charge in [0, 0.05) is 18.1 Å². The fourth-order valence-corrected chi connectivity index (χ4v) is 4.63. The Morgan fingerprint density at radius 2 is 1.97 bits per heavy atom. The Labute approximate surface area is 216 Å². The Hall–Kier alpha value is -3.91. The Kier molecular flexibility index (Phi) is 7.08. The van der Waals surface area contributed by atoms with Crippen molar-refractivity contribution < 1.29 is 34.0 Å². The minimum atomic E-state index is -1.52. The molecule has 0 aliphatic carbocycles. The van der Waals surface area contributed by atoms with Crippen LogP contribution in [0.3, 0.4) is 0 Å². The Morgan fingerprint density at radius 1 is 1.16 bits per heavy atom. The van der Waals surface area contributed by atoms with Crippen LogP contribution >= 0.6 is 0 Å². The van der Waals surface area contributed by atoms with Crippen molar-refractivity contribution in [3.05, 3.63) is 64.7 Å². The molecule has 3 aromatic rings. The number of aliphatic hydroxyl groups is 3. The predicted molar refractivity (Wildman–Crippen MR) is 132 cm³/mol. The van der Waals surface area contributed by atoms with Crippen LogP contribution in [0.15, 0.2) is 41.6 Å². The number of aliphatic hydroxyl groups excluding tert-OH is 3. The van der Waals surface area contributed by atoms with Crippen LogP contribution in [0.25, 0.3) is 11.3 Å². The number of amidine groups is 1. The molecule has 0 amide bonds. The van der Waals surface area contributed by atoms with Gasteiger partial charge in [0.25, 0.3) is 0 Å². The van der Waals surface area contributed by atoms with Crippen LogP contribution < -0.4 is 15.8 Å². The number of nitrogens with two attached hydrogens (primary N) is 1. The van der Waals surface area contributed by atoms with Gasteiger partial charge in [0.15, 0.2) is 12.1 Å². The molecule has 0 saturated carbocycles. The first-order chi connectivity index (χ1) is 18.2. The SMILES string of the molecule is COc1cccc(-c2cc(F)ccc2[C@H]2Cc3nc(N)nc(C)c3/C(=N/OC[C@H]3OC(O)[C@H](O)[C@@H]3O)N2)n1. The molecule has 0 bridgehead atoms. The van der Waals surface area contributed by atoms with E-state index in [9.17, 15) is 19.7 Å². The molecule has 5 rings (SSSR count). The molecule has 13 heteroatoms. The number of halogens is 1. The number of nitrogens with zero attached hydrogens (tertiary/aromatic N) is 4. The highest BCUT2D eigenvalue weighted by Crippen LogP contribution is 2.34. The number of fused-ring (bicyclic) bond motifs is 1. The zero-order valence-electron chi connectivity index (χ0n) is 20.6. The van der Waals surface area contributed by atoms with E-state index in [4.69, 9.17) is 20.0 Å². The number of rotatable bonds is 6. The maximum atomic E-state index is 14.4. The number of nitrogen functional groups attached to an aromatic ring is 1. The van der Waals surface area contributed by atoms with Gasteiger partial charge in [0.05, 0.1) is 35.8 Å². The van der Waals surface area contributed by atoms with Crippen LogP contribution in [-0.4, -0.2) is 74.4 Å². The number of ether oxygens (including phenoxy) is 2. The Morgan fingerprint density at radius 3 is 2.71 bits per heavy atom. The molecule has 2 aliphatic heterocycles. The summed E-state index contributed by atoms with van der Waals surface area (Å²) in [7, 11) is 1.50. The molecule has 1 fully saturated rings. The summed E-state index contributed by atoms with van der Waals surface area (Å²) < 4.78 is 24.7. The predicted octanol–water partition coefficient (Wildman–Crippen LogP) is 0.581. The third-order valence-electron chi connectivity index (χ3n) is 6.46. The number of oxime groups is 1. The molecule has 12 nitrogen and oxygen atoms in total. The smallest absolute Gasteiger partial charge is 0.220 e.